The normalized spacial score (nSPS) is 17.8. The van der Waals surface area contributed by atoms with E-state index in [-0.39, 0.29) is 0 Å². The minimum atomic E-state index is 0.711. The molecule has 118 valence electrons. The molecule has 0 amide bonds. The fourth-order valence-electron chi connectivity index (χ4n) is 2.96. The lowest BCUT2D eigenvalue weighted by Crippen LogP contribution is -2.48. The van der Waals surface area contributed by atoms with Crippen LogP contribution in [0.1, 0.15) is 13.8 Å². The number of ether oxygens (including phenoxy) is 1. The van der Waals surface area contributed by atoms with E-state index in [2.05, 4.69) is 41.1 Å². The molecule has 0 spiro atoms. The Balaban J connectivity index is 1.83. The van der Waals surface area contributed by atoms with E-state index in [9.17, 15) is 0 Å². The van der Waals surface area contributed by atoms with Crippen molar-refractivity contribution in [2.45, 2.75) is 13.8 Å². The van der Waals surface area contributed by atoms with Gasteiger partial charge >= 0.3 is 0 Å². The molecule has 2 rings (SSSR count). The van der Waals surface area contributed by atoms with Crippen LogP contribution < -0.4 is 15.0 Å². The minimum Gasteiger partial charge on any atom is -0.495 e. The summed E-state index contributed by atoms with van der Waals surface area (Å²) in [5.41, 5.74) is 1.22. The Morgan fingerprint density at radius 2 is 1.90 bits per heavy atom. The summed E-state index contributed by atoms with van der Waals surface area (Å²) in [6, 6.07) is 8.31. The first-order valence-electron chi connectivity index (χ1n) is 8.05. The van der Waals surface area contributed by atoms with E-state index in [1.165, 1.54) is 12.2 Å². The number of hydrogen-bond donors (Lipinski definition) is 1. The number of benzene rings is 1. The van der Waals surface area contributed by atoms with Crippen LogP contribution in [0.4, 0.5) is 5.69 Å². The van der Waals surface area contributed by atoms with Gasteiger partial charge in [0.05, 0.1) is 12.8 Å². The second kappa shape index (κ2) is 8.25. The lowest BCUT2D eigenvalue weighted by Gasteiger charge is -2.37. The fraction of sp³-hybridized carbons (Fsp3) is 0.647. The number of piperazine rings is 1. The number of para-hydroxylation sites is 2. The number of nitrogens with zero attached hydrogens (tertiary/aromatic N) is 2. The lowest BCUT2D eigenvalue weighted by molar-refractivity contribution is 0.222. The molecule has 1 saturated heterocycles. The summed E-state index contributed by atoms with van der Waals surface area (Å²) >= 11 is 0. The van der Waals surface area contributed by atoms with Gasteiger partial charge in [-0.15, -0.1) is 0 Å². The quantitative estimate of drug-likeness (QED) is 0.832. The number of rotatable bonds is 7. The number of hydrogen-bond acceptors (Lipinski definition) is 4. The van der Waals surface area contributed by atoms with Crippen molar-refractivity contribution < 1.29 is 4.74 Å². The molecule has 0 aliphatic carbocycles. The van der Waals surface area contributed by atoms with Crippen molar-refractivity contribution in [1.82, 2.24) is 10.2 Å². The zero-order valence-electron chi connectivity index (χ0n) is 13.6. The number of methoxy groups -OCH3 is 1. The molecule has 4 heteroatoms. The van der Waals surface area contributed by atoms with E-state index in [1.54, 1.807) is 7.11 Å². The SMILES string of the molecule is CCNCC(C)CN1CCN(c2ccccc2OC)CC1. The molecule has 0 bridgehead atoms. The van der Waals surface area contributed by atoms with Gasteiger partial charge in [-0.25, -0.2) is 0 Å². The van der Waals surface area contributed by atoms with Gasteiger partial charge in [0.1, 0.15) is 5.75 Å². The zero-order valence-corrected chi connectivity index (χ0v) is 13.6. The van der Waals surface area contributed by atoms with E-state index in [1.807, 2.05) is 12.1 Å². The third-order valence-electron chi connectivity index (χ3n) is 4.11. The van der Waals surface area contributed by atoms with E-state index in [0.29, 0.717) is 5.92 Å². The van der Waals surface area contributed by atoms with Gasteiger partial charge in [-0.2, -0.15) is 0 Å². The molecule has 4 nitrogen and oxygen atoms in total. The fourth-order valence-corrected chi connectivity index (χ4v) is 2.96. The molecule has 1 aliphatic heterocycles. The zero-order chi connectivity index (χ0) is 15.1. The van der Waals surface area contributed by atoms with Crippen molar-refractivity contribution in [2.75, 3.05) is 57.8 Å². The molecule has 1 aromatic rings. The van der Waals surface area contributed by atoms with Gasteiger partial charge in [-0.05, 0) is 31.1 Å². The summed E-state index contributed by atoms with van der Waals surface area (Å²) in [6.45, 7) is 12.3. The van der Waals surface area contributed by atoms with Crippen molar-refractivity contribution in [3.63, 3.8) is 0 Å². The average Bonchev–Trinajstić information content (AvgIpc) is 2.53. The van der Waals surface area contributed by atoms with Gasteiger partial charge < -0.3 is 15.0 Å². The molecule has 1 heterocycles. The molecular formula is C17H29N3O. The Morgan fingerprint density at radius 1 is 1.19 bits per heavy atom. The maximum absolute atomic E-state index is 5.47. The highest BCUT2D eigenvalue weighted by molar-refractivity contribution is 5.58. The Labute approximate surface area is 129 Å². The minimum absolute atomic E-state index is 0.711. The second-order valence-corrected chi connectivity index (χ2v) is 5.87. The predicted molar refractivity (Wildman–Crippen MR) is 89.4 cm³/mol. The van der Waals surface area contributed by atoms with Crippen LogP contribution in [-0.4, -0.2) is 57.8 Å². The Morgan fingerprint density at radius 3 is 2.57 bits per heavy atom. The lowest BCUT2D eigenvalue weighted by atomic mass is 10.1. The second-order valence-electron chi connectivity index (χ2n) is 5.87. The summed E-state index contributed by atoms with van der Waals surface area (Å²) < 4.78 is 5.47. The molecule has 1 unspecified atom stereocenters. The number of anilines is 1. The van der Waals surface area contributed by atoms with Gasteiger partial charge in [-0.3, -0.25) is 4.90 Å². The van der Waals surface area contributed by atoms with Gasteiger partial charge in [0.15, 0.2) is 0 Å². The van der Waals surface area contributed by atoms with Gasteiger partial charge in [-0.1, -0.05) is 26.0 Å². The maximum atomic E-state index is 5.47. The molecule has 1 aromatic carbocycles. The summed E-state index contributed by atoms with van der Waals surface area (Å²) in [7, 11) is 1.75. The van der Waals surface area contributed by atoms with Gasteiger partial charge in [0.2, 0.25) is 0 Å². The molecule has 1 aliphatic rings. The molecule has 1 atom stereocenters. The molecule has 21 heavy (non-hydrogen) atoms. The van der Waals surface area contributed by atoms with E-state index < -0.39 is 0 Å². The van der Waals surface area contributed by atoms with Crippen molar-refractivity contribution >= 4 is 5.69 Å². The van der Waals surface area contributed by atoms with Crippen molar-refractivity contribution in [1.29, 1.82) is 0 Å². The summed E-state index contributed by atoms with van der Waals surface area (Å²) in [5.74, 6) is 1.69. The van der Waals surface area contributed by atoms with Crippen LogP contribution in [0, 0.1) is 5.92 Å². The molecular weight excluding hydrogens is 262 g/mol. The first kappa shape index (κ1) is 16.1. The average molecular weight is 291 g/mol. The Kier molecular flexibility index (Phi) is 6.33. The maximum Gasteiger partial charge on any atom is 0.142 e. The molecule has 1 fully saturated rings. The summed E-state index contributed by atoms with van der Waals surface area (Å²) in [5, 5.41) is 3.43. The van der Waals surface area contributed by atoms with Crippen molar-refractivity contribution in [3.8, 4) is 5.75 Å². The van der Waals surface area contributed by atoms with E-state index >= 15 is 0 Å². The first-order valence-corrected chi connectivity index (χ1v) is 8.05. The first-order chi connectivity index (χ1) is 10.2. The molecule has 0 saturated carbocycles. The largest absolute Gasteiger partial charge is 0.495 e. The highest BCUT2D eigenvalue weighted by Crippen LogP contribution is 2.28. The van der Waals surface area contributed by atoms with Crippen molar-refractivity contribution in [3.05, 3.63) is 24.3 Å². The Hall–Kier alpha value is -1.26. The predicted octanol–water partition coefficient (Wildman–Crippen LogP) is 2.06. The van der Waals surface area contributed by atoms with E-state index in [4.69, 9.17) is 4.74 Å². The summed E-state index contributed by atoms with van der Waals surface area (Å²) in [4.78, 5) is 5.01. The van der Waals surface area contributed by atoms with Crippen LogP contribution >= 0.6 is 0 Å². The highest BCUT2D eigenvalue weighted by Gasteiger charge is 2.20. The monoisotopic (exact) mass is 291 g/mol. The standard InChI is InChI=1S/C17H29N3O/c1-4-18-13-15(2)14-19-9-11-20(12-10-19)16-7-5-6-8-17(16)21-3/h5-8,15,18H,4,9-14H2,1-3H3. The third kappa shape index (κ3) is 4.61. The summed E-state index contributed by atoms with van der Waals surface area (Å²) in [6.07, 6.45) is 0. The van der Waals surface area contributed by atoms with Crippen LogP contribution in [0.25, 0.3) is 0 Å². The van der Waals surface area contributed by atoms with Crippen LogP contribution in [0.15, 0.2) is 24.3 Å². The van der Waals surface area contributed by atoms with Gasteiger partial charge in [0.25, 0.3) is 0 Å². The van der Waals surface area contributed by atoms with Crippen LogP contribution in [0.2, 0.25) is 0 Å². The van der Waals surface area contributed by atoms with Gasteiger partial charge in [0, 0.05) is 32.7 Å². The van der Waals surface area contributed by atoms with Crippen molar-refractivity contribution in [2.24, 2.45) is 5.92 Å². The third-order valence-corrected chi connectivity index (χ3v) is 4.11. The number of nitrogens with one attached hydrogen (secondary N) is 1. The van der Waals surface area contributed by atoms with E-state index in [0.717, 1.165) is 45.0 Å². The highest BCUT2D eigenvalue weighted by atomic mass is 16.5. The smallest absolute Gasteiger partial charge is 0.142 e. The Bertz CT molecular complexity index is 416. The van der Waals surface area contributed by atoms with Crippen LogP contribution in [-0.2, 0) is 0 Å². The van der Waals surface area contributed by atoms with Crippen LogP contribution in [0.5, 0.6) is 5.75 Å². The topological polar surface area (TPSA) is 27.7 Å². The van der Waals surface area contributed by atoms with Crippen LogP contribution in [0.3, 0.4) is 0 Å². The molecule has 1 N–H and O–H groups in total. The molecule has 0 radical (unpaired) electrons. The molecule has 0 aromatic heterocycles.